The zero-order chi connectivity index (χ0) is 21.9. The van der Waals surface area contributed by atoms with E-state index in [2.05, 4.69) is 73.3 Å². The van der Waals surface area contributed by atoms with Crippen molar-refractivity contribution in [2.75, 3.05) is 45.2 Å². The molecule has 0 bridgehead atoms. The van der Waals surface area contributed by atoms with Crippen molar-refractivity contribution in [1.82, 2.24) is 30.0 Å². The van der Waals surface area contributed by atoms with Gasteiger partial charge in [-0.25, -0.2) is 4.68 Å². The van der Waals surface area contributed by atoms with Gasteiger partial charge in [-0.05, 0) is 53.8 Å². The van der Waals surface area contributed by atoms with Gasteiger partial charge in [0.05, 0.1) is 12.1 Å². The van der Waals surface area contributed by atoms with E-state index in [4.69, 9.17) is 0 Å². The van der Waals surface area contributed by atoms with Gasteiger partial charge in [0.1, 0.15) is 0 Å². The number of piperazine rings is 1. The Bertz CT molecular complexity index is 841. The molecule has 1 aliphatic heterocycles. The van der Waals surface area contributed by atoms with Crippen molar-refractivity contribution in [3.63, 3.8) is 0 Å². The van der Waals surface area contributed by atoms with Crippen LogP contribution < -0.4 is 4.90 Å². The lowest BCUT2D eigenvalue weighted by Gasteiger charge is -2.41. The molecule has 1 aromatic heterocycles. The van der Waals surface area contributed by atoms with Gasteiger partial charge < -0.3 is 4.90 Å². The molecule has 0 spiro atoms. The second-order valence-corrected chi connectivity index (χ2v) is 10.2. The molecule has 0 amide bonds. The number of aromatic nitrogens is 4. The maximum atomic E-state index is 4.63. The Balaban J connectivity index is 1.42. The van der Waals surface area contributed by atoms with Crippen molar-refractivity contribution in [3.8, 4) is 0 Å². The van der Waals surface area contributed by atoms with Crippen LogP contribution >= 0.6 is 0 Å². The monoisotopic (exact) mass is 437 g/mol. The van der Waals surface area contributed by atoms with Gasteiger partial charge in [0, 0.05) is 52.0 Å². The summed E-state index contributed by atoms with van der Waals surface area (Å²) in [4.78, 5) is 7.52. The molecule has 0 radical (unpaired) electrons. The smallest absolute Gasteiger partial charge is 0.173 e. The van der Waals surface area contributed by atoms with Gasteiger partial charge in [0.2, 0.25) is 0 Å². The van der Waals surface area contributed by atoms with Gasteiger partial charge in [0.25, 0.3) is 0 Å². The molecule has 1 atom stereocenters. The molecule has 2 heterocycles. The Hall–Kier alpha value is -1.99. The first kappa shape index (κ1) is 21.8. The summed E-state index contributed by atoms with van der Waals surface area (Å²) in [6.07, 6.45) is 11.9. The minimum atomic E-state index is 0.119. The molecule has 3 fully saturated rings. The van der Waals surface area contributed by atoms with Gasteiger partial charge >= 0.3 is 0 Å². The maximum absolute atomic E-state index is 4.63. The van der Waals surface area contributed by atoms with E-state index >= 15 is 0 Å². The first-order chi connectivity index (χ1) is 15.7. The number of rotatable bonds is 6. The van der Waals surface area contributed by atoms with Crippen molar-refractivity contribution >= 4 is 5.69 Å². The average Bonchev–Trinajstić information content (AvgIpc) is 3.54. The van der Waals surface area contributed by atoms with E-state index in [9.17, 15) is 0 Å². The Morgan fingerprint density at radius 3 is 2.09 bits per heavy atom. The lowest BCUT2D eigenvalue weighted by Crippen LogP contribution is -2.51. The standard InChI is InChI=1S/C25H39N7/c1-29(2)21-14-12-20(13-15-21)24(25-26-27-28-32(25)23-10-4-3-5-11-23)31-18-16-30(17-19-31)22-8-6-7-9-22/h12-15,22-24H,3-11,16-19H2,1-2H3. The van der Waals surface area contributed by atoms with Crippen LogP contribution in [0.4, 0.5) is 5.69 Å². The highest BCUT2D eigenvalue weighted by Gasteiger charge is 2.34. The number of anilines is 1. The van der Waals surface area contributed by atoms with Crippen LogP contribution in [0.5, 0.6) is 0 Å². The first-order valence-electron chi connectivity index (χ1n) is 12.7. The first-order valence-corrected chi connectivity index (χ1v) is 12.7. The summed E-state index contributed by atoms with van der Waals surface area (Å²) in [5.41, 5.74) is 2.53. The zero-order valence-electron chi connectivity index (χ0n) is 19.9. The normalized spacial score (nSPS) is 22.9. The second-order valence-electron chi connectivity index (χ2n) is 10.2. The van der Waals surface area contributed by atoms with Crippen LogP contribution in [-0.2, 0) is 0 Å². The summed E-state index contributed by atoms with van der Waals surface area (Å²) in [5.74, 6) is 1.03. The highest BCUT2D eigenvalue weighted by Crippen LogP contribution is 2.35. The van der Waals surface area contributed by atoms with E-state index in [0.717, 1.165) is 38.0 Å². The van der Waals surface area contributed by atoms with Crippen molar-refractivity contribution in [3.05, 3.63) is 35.7 Å². The molecule has 3 aliphatic rings. The lowest BCUT2D eigenvalue weighted by atomic mass is 9.95. The summed E-state index contributed by atoms with van der Waals surface area (Å²) < 4.78 is 2.17. The molecule has 1 unspecified atom stereocenters. The predicted molar refractivity (Wildman–Crippen MR) is 128 cm³/mol. The average molecular weight is 438 g/mol. The Labute approximate surface area is 192 Å². The van der Waals surface area contributed by atoms with E-state index in [-0.39, 0.29) is 6.04 Å². The van der Waals surface area contributed by atoms with Gasteiger partial charge in [-0.15, -0.1) is 5.10 Å². The summed E-state index contributed by atoms with van der Waals surface area (Å²) in [6, 6.07) is 10.4. The second kappa shape index (κ2) is 9.87. The molecule has 174 valence electrons. The molecule has 2 aliphatic carbocycles. The van der Waals surface area contributed by atoms with Crippen LogP contribution in [0.15, 0.2) is 24.3 Å². The minimum Gasteiger partial charge on any atom is -0.378 e. The SMILES string of the molecule is CN(C)c1ccc(C(c2nnnn2C2CCCCC2)N2CCN(C3CCCC3)CC2)cc1. The van der Waals surface area contributed by atoms with Crippen LogP contribution in [0.3, 0.4) is 0 Å². The van der Waals surface area contributed by atoms with Crippen molar-refractivity contribution < 1.29 is 0 Å². The largest absolute Gasteiger partial charge is 0.378 e. The molecule has 2 aromatic rings. The zero-order valence-corrected chi connectivity index (χ0v) is 19.9. The van der Waals surface area contributed by atoms with E-state index in [1.54, 1.807) is 0 Å². The van der Waals surface area contributed by atoms with Crippen LogP contribution in [0.1, 0.15) is 81.3 Å². The fraction of sp³-hybridized carbons (Fsp3) is 0.720. The molecular weight excluding hydrogens is 398 g/mol. The minimum absolute atomic E-state index is 0.119. The predicted octanol–water partition coefficient (Wildman–Crippen LogP) is 3.89. The van der Waals surface area contributed by atoms with E-state index < -0.39 is 0 Å². The quantitative estimate of drug-likeness (QED) is 0.683. The molecule has 5 rings (SSSR count). The fourth-order valence-electron chi connectivity index (χ4n) is 6.07. The van der Waals surface area contributed by atoms with Crippen LogP contribution in [0.25, 0.3) is 0 Å². The van der Waals surface area contributed by atoms with Crippen LogP contribution in [0, 0.1) is 0 Å². The number of hydrogen-bond donors (Lipinski definition) is 0. The molecular formula is C25H39N7. The third-order valence-electron chi connectivity index (χ3n) is 7.96. The Morgan fingerprint density at radius 1 is 0.812 bits per heavy atom. The molecule has 7 heteroatoms. The van der Waals surface area contributed by atoms with E-state index in [1.165, 1.54) is 69.0 Å². The maximum Gasteiger partial charge on any atom is 0.173 e. The van der Waals surface area contributed by atoms with Gasteiger partial charge in [-0.2, -0.15) is 0 Å². The molecule has 32 heavy (non-hydrogen) atoms. The molecule has 1 aromatic carbocycles. The highest BCUT2D eigenvalue weighted by molar-refractivity contribution is 5.47. The van der Waals surface area contributed by atoms with Crippen LogP contribution in [0.2, 0.25) is 0 Å². The number of nitrogens with zero attached hydrogens (tertiary/aromatic N) is 7. The van der Waals surface area contributed by atoms with Crippen LogP contribution in [-0.4, -0.2) is 76.3 Å². The van der Waals surface area contributed by atoms with E-state index in [1.807, 2.05) is 0 Å². The van der Waals surface area contributed by atoms with Gasteiger partial charge in [0.15, 0.2) is 5.82 Å². The topological polar surface area (TPSA) is 53.3 Å². The highest BCUT2D eigenvalue weighted by atomic mass is 15.6. The summed E-state index contributed by atoms with van der Waals surface area (Å²) >= 11 is 0. The number of hydrogen-bond acceptors (Lipinski definition) is 6. The van der Waals surface area contributed by atoms with Crippen molar-refractivity contribution in [2.45, 2.75) is 75.9 Å². The third-order valence-corrected chi connectivity index (χ3v) is 7.96. The number of benzene rings is 1. The Morgan fingerprint density at radius 2 is 1.44 bits per heavy atom. The third kappa shape index (κ3) is 4.55. The summed E-state index contributed by atoms with van der Waals surface area (Å²) in [5, 5.41) is 13.3. The molecule has 0 N–H and O–H groups in total. The van der Waals surface area contributed by atoms with Gasteiger partial charge in [-0.3, -0.25) is 9.80 Å². The summed E-state index contributed by atoms with van der Waals surface area (Å²) in [7, 11) is 4.19. The number of tetrazole rings is 1. The molecule has 1 saturated heterocycles. The summed E-state index contributed by atoms with van der Waals surface area (Å²) in [6.45, 7) is 4.46. The van der Waals surface area contributed by atoms with Crippen molar-refractivity contribution in [2.24, 2.45) is 0 Å². The van der Waals surface area contributed by atoms with Gasteiger partial charge in [-0.1, -0.05) is 44.2 Å². The Kier molecular flexibility index (Phi) is 6.74. The fourth-order valence-corrected chi connectivity index (χ4v) is 6.07. The molecule has 2 saturated carbocycles. The van der Waals surface area contributed by atoms with Crippen molar-refractivity contribution in [1.29, 1.82) is 0 Å². The molecule has 7 nitrogen and oxygen atoms in total. The lowest BCUT2D eigenvalue weighted by molar-refractivity contribution is 0.0760. The van der Waals surface area contributed by atoms with E-state index in [0.29, 0.717) is 6.04 Å².